The fourth-order valence-corrected chi connectivity index (χ4v) is 2.70. The number of para-hydroxylation sites is 2. The summed E-state index contributed by atoms with van der Waals surface area (Å²) >= 11 is -0.614. The SMILES string of the molecule is Cc1ccccc1[O][Al][O]c1cccc2cccnc12. The van der Waals surface area contributed by atoms with E-state index >= 15 is 0 Å². The molecule has 20 heavy (non-hydrogen) atoms. The van der Waals surface area contributed by atoms with Crippen LogP contribution in [0.15, 0.2) is 60.8 Å². The van der Waals surface area contributed by atoms with Crippen LogP contribution in [-0.4, -0.2) is 20.9 Å². The van der Waals surface area contributed by atoms with Gasteiger partial charge in [-0.25, -0.2) is 0 Å². The van der Waals surface area contributed by atoms with Crippen LogP contribution in [0.5, 0.6) is 11.5 Å². The minimum Gasteiger partial charge on any atom is -0.616 e. The van der Waals surface area contributed by atoms with Crippen LogP contribution in [0.3, 0.4) is 0 Å². The van der Waals surface area contributed by atoms with Crippen LogP contribution in [0.2, 0.25) is 0 Å². The van der Waals surface area contributed by atoms with Crippen LogP contribution < -0.4 is 7.58 Å². The Morgan fingerprint density at radius 2 is 1.60 bits per heavy atom. The zero-order chi connectivity index (χ0) is 13.8. The third-order valence-corrected chi connectivity index (χ3v) is 3.74. The Morgan fingerprint density at radius 3 is 2.50 bits per heavy atom. The van der Waals surface area contributed by atoms with Gasteiger partial charge in [-0.3, -0.25) is 4.98 Å². The maximum absolute atomic E-state index is 5.78. The van der Waals surface area contributed by atoms with Gasteiger partial charge in [-0.2, -0.15) is 0 Å². The Hall–Kier alpha value is -2.02. The van der Waals surface area contributed by atoms with Crippen molar-refractivity contribution in [2.24, 2.45) is 0 Å². The van der Waals surface area contributed by atoms with Gasteiger partial charge in [0.2, 0.25) is 0 Å². The van der Waals surface area contributed by atoms with Crippen LogP contribution >= 0.6 is 0 Å². The molecule has 0 fully saturated rings. The molecule has 97 valence electrons. The van der Waals surface area contributed by atoms with Crippen molar-refractivity contribution in [2.45, 2.75) is 6.92 Å². The summed E-state index contributed by atoms with van der Waals surface area (Å²) in [5.41, 5.74) is 1.98. The van der Waals surface area contributed by atoms with Gasteiger partial charge in [0.1, 0.15) is 11.3 Å². The first-order valence-electron chi connectivity index (χ1n) is 6.39. The Morgan fingerprint density at radius 1 is 0.850 bits per heavy atom. The Kier molecular flexibility index (Phi) is 3.87. The summed E-state index contributed by atoms with van der Waals surface area (Å²) in [6.07, 6.45) is 1.77. The second-order valence-corrected chi connectivity index (χ2v) is 5.09. The zero-order valence-electron chi connectivity index (χ0n) is 11.1. The molecule has 1 aromatic heterocycles. The first-order chi connectivity index (χ1) is 9.84. The molecule has 4 heteroatoms. The molecule has 3 nitrogen and oxygen atoms in total. The highest BCUT2D eigenvalue weighted by Gasteiger charge is 2.09. The van der Waals surface area contributed by atoms with Gasteiger partial charge in [0.15, 0.2) is 0 Å². The third-order valence-electron chi connectivity index (χ3n) is 3.04. The molecule has 3 aromatic rings. The molecule has 0 atom stereocenters. The van der Waals surface area contributed by atoms with Crippen LogP contribution in [-0.2, 0) is 0 Å². The molecule has 0 aliphatic rings. The van der Waals surface area contributed by atoms with Crippen molar-refractivity contribution in [3.8, 4) is 11.5 Å². The average Bonchev–Trinajstić information content (AvgIpc) is 2.49. The van der Waals surface area contributed by atoms with Crippen molar-refractivity contribution in [1.29, 1.82) is 0 Å². The van der Waals surface area contributed by atoms with Gasteiger partial charge in [-0.15, -0.1) is 0 Å². The Balaban J connectivity index is 1.73. The standard InChI is InChI=1S/C9H7NO.C7H8O.Al/c11-8-5-1-3-7-4-2-6-10-9(7)8;1-6-4-2-3-5-7(6)8;/h1-6,11H;2-5,8H,1H3;/q;;+2/p-2. The zero-order valence-corrected chi connectivity index (χ0v) is 12.3. The minimum absolute atomic E-state index is 0.614. The lowest BCUT2D eigenvalue weighted by Crippen LogP contribution is -2.11. The highest BCUT2D eigenvalue weighted by molar-refractivity contribution is 6.21. The monoisotopic (exact) mass is 278 g/mol. The summed E-state index contributed by atoms with van der Waals surface area (Å²) in [4.78, 5) is 4.36. The molecular weight excluding hydrogens is 265 g/mol. The van der Waals surface area contributed by atoms with Crippen molar-refractivity contribution in [2.75, 3.05) is 0 Å². The van der Waals surface area contributed by atoms with E-state index in [0.29, 0.717) is 0 Å². The first kappa shape index (κ1) is 13.0. The smallest absolute Gasteiger partial charge is 0.616 e. The summed E-state index contributed by atoms with van der Waals surface area (Å²) in [5.74, 6) is 1.64. The quantitative estimate of drug-likeness (QED) is 0.684. The maximum atomic E-state index is 5.78. The molecule has 2 aromatic carbocycles. The van der Waals surface area contributed by atoms with Crippen LogP contribution in [0.4, 0.5) is 0 Å². The predicted molar refractivity (Wildman–Crippen MR) is 79.9 cm³/mol. The van der Waals surface area contributed by atoms with Crippen molar-refractivity contribution < 1.29 is 7.58 Å². The van der Waals surface area contributed by atoms with E-state index in [1.807, 2.05) is 61.5 Å². The van der Waals surface area contributed by atoms with E-state index < -0.39 is 15.9 Å². The first-order valence-corrected chi connectivity index (χ1v) is 7.33. The highest BCUT2D eigenvalue weighted by atomic mass is 27.2. The summed E-state index contributed by atoms with van der Waals surface area (Å²) in [6, 6.07) is 17.8. The number of rotatable bonds is 4. The number of hydrogen-bond acceptors (Lipinski definition) is 3. The molecule has 0 aliphatic carbocycles. The fraction of sp³-hybridized carbons (Fsp3) is 0.0625. The van der Waals surface area contributed by atoms with E-state index in [0.717, 1.165) is 28.0 Å². The molecule has 0 bridgehead atoms. The van der Waals surface area contributed by atoms with E-state index in [9.17, 15) is 0 Å². The number of aryl methyl sites for hydroxylation is 1. The van der Waals surface area contributed by atoms with Gasteiger partial charge >= 0.3 is 15.9 Å². The summed E-state index contributed by atoms with van der Waals surface area (Å²) in [5, 5.41) is 1.07. The fourth-order valence-electron chi connectivity index (χ4n) is 1.99. The van der Waals surface area contributed by atoms with Crippen molar-refractivity contribution >= 4 is 26.8 Å². The van der Waals surface area contributed by atoms with Crippen molar-refractivity contribution in [3.63, 3.8) is 0 Å². The van der Waals surface area contributed by atoms with Crippen molar-refractivity contribution in [1.82, 2.24) is 4.98 Å². The lowest BCUT2D eigenvalue weighted by atomic mass is 10.2. The number of nitrogens with zero attached hydrogens (tertiary/aromatic N) is 1. The Labute approximate surface area is 124 Å². The molecule has 0 amide bonds. The van der Waals surface area contributed by atoms with Crippen LogP contribution in [0.1, 0.15) is 5.56 Å². The highest BCUT2D eigenvalue weighted by Crippen LogP contribution is 2.23. The largest absolute Gasteiger partial charge is 0.881 e. The molecular formula is C16H13AlNO2. The van der Waals surface area contributed by atoms with Gasteiger partial charge in [0.25, 0.3) is 0 Å². The number of hydrogen-bond donors (Lipinski definition) is 0. The second kappa shape index (κ2) is 5.96. The molecule has 1 radical (unpaired) electrons. The van der Waals surface area contributed by atoms with Gasteiger partial charge in [0, 0.05) is 11.6 Å². The van der Waals surface area contributed by atoms with Gasteiger partial charge in [-0.05, 0) is 30.7 Å². The lowest BCUT2D eigenvalue weighted by molar-refractivity contribution is 0.459. The molecule has 0 spiro atoms. The Bertz CT molecular complexity index is 725. The summed E-state index contributed by atoms with van der Waals surface area (Å²) < 4.78 is 11.5. The molecule has 0 saturated carbocycles. The maximum Gasteiger partial charge on any atom is 0.881 e. The molecule has 0 aliphatic heterocycles. The van der Waals surface area contributed by atoms with E-state index in [2.05, 4.69) is 4.98 Å². The minimum atomic E-state index is -0.614. The second-order valence-electron chi connectivity index (χ2n) is 4.43. The van der Waals surface area contributed by atoms with Crippen molar-refractivity contribution in [3.05, 3.63) is 66.4 Å². The predicted octanol–water partition coefficient (Wildman–Crippen LogP) is 3.54. The van der Waals surface area contributed by atoms with E-state index in [1.165, 1.54) is 0 Å². The van der Waals surface area contributed by atoms with Gasteiger partial charge < -0.3 is 7.58 Å². The van der Waals surface area contributed by atoms with E-state index in [-0.39, 0.29) is 0 Å². The third kappa shape index (κ3) is 2.77. The lowest BCUT2D eigenvalue weighted by Gasteiger charge is -2.11. The number of fused-ring (bicyclic) bond motifs is 1. The molecule has 1 heterocycles. The molecule has 0 unspecified atom stereocenters. The number of pyridine rings is 1. The normalized spacial score (nSPS) is 10.2. The van der Waals surface area contributed by atoms with Gasteiger partial charge in [0.05, 0.1) is 5.75 Å². The molecule has 0 N–H and O–H groups in total. The summed E-state index contributed by atoms with van der Waals surface area (Å²) in [6.45, 7) is 2.02. The summed E-state index contributed by atoms with van der Waals surface area (Å²) in [7, 11) is 0. The van der Waals surface area contributed by atoms with E-state index in [1.54, 1.807) is 6.20 Å². The van der Waals surface area contributed by atoms with Gasteiger partial charge in [-0.1, -0.05) is 36.4 Å². The van der Waals surface area contributed by atoms with E-state index in [4.69, 9.17) is 7.58 Å². The average molecular weight is 278 g/mol. The van der Waals surface area contributed by atoms with Crippen LogP contribution in [0.25, 0.3) is 10.9 Å². The molecule has 0 saturated heterocycles. The molecule has 3 rings (SSSR count). The van der Waals surface area contributed by atoms with Crippen LogP contribution in [0, 0.1) is 6.92 Å². The number of benzene rings is 2. The topological polar surface area (TPSA) is 31.4 Å². The number of aromatic nitrogens is 1.